The summed E-state index contributed by atoms with van der Waals surface area (Å²) in [4.78, 5) is 27.5. The highest BCUT2D eigenvalue weighted by atomic mass is 19.3. The molecule has 0 radical (unpaired) electrons. The number of ketones is 1. The van der Waals surface area contributed by atoms with Gasteiger partial charge in [-0.1, -0.05) is 47.0 Å². The van der Waals surface area contributed by atoms with E-state index in [1.54, 1.807) is 10.9 Å². The molecule has 1 amide bonds. The van der Waals surface area contributed by atoms with Crippen molar-refractivity contribution in [3.63, 3.8) is 0 Å². The maximum atomic E-state index is 13.9. The van der Waals surface area contributed by atoms with Crippen LogP contribution in [0.5, 0.6) is 0 Å². The standard InChI is InChI=1S/C30H43F2N3O2/c1-5-7-20-18(6-2)8-9-22-21(20)10-11-29(4)26(22)24-17(3)25(24)27(29)23(36)14-35-13-19(12-33-35)28(37)34-15-30(31,32)16-34/h12-13,17-18,20-22,24-27H,5-11,14-16H2,1-4H3. The first-order chi connectivity index (χ1) is 17.6. The first-order valence-corrected chi connectivity index (χ1v) is 14.8. The van der Waals surface area contributed by atoms with Crippen LogP contribution in [0.2, 0.25) is 0 Å². The minimum absolute atomic E-state index is 0.0596. The van der Waals surface area contributed by atoms with Crippen LogP contribution in [0.1, 0.15) is 83.0 Å². The Morgan fingerprint density at radius 2 is 1.86 bits per heavy atom. The van der Waals surface area contributed by atoms with E-state index < -0.39 is 24.9 Å². The highest BCUT2D eigenvalue weighted by Gasteiger charge is 2.73. The number of fused-ring (bicyclic) bond motifs is 5. The lowest BCUT2D eigenvalue weighted by Crippen LogP contribution is -2.58. The predicted octanol–water partition coefficient (Wildman–Crippen LogP) is 5.94. The van der Waals surface area contributed by atoms with Crippen molar-refractivity contribution in [3.05, 3.63) is 18.0 Å². The summed E-state index contributed by atoms with van der Waals surface area (Å²) in [5.74, 6) is 2.81. The summed E-state index contributed by atoms with van der Waals surface area (Å²) in [6.07, 6.45) is 12.0. The van der Waals surface area contributed by atoms with Gasteiger partial charge in [0.1, 0.15) is 0 Å². The summed E-state index contributed by atoms with van der Waals surface area (Å²) >= 11 is 0. The van der Waals surface area contributed by atoms with Gasteiger partial charge in [-0.3, -0.25) is 14.3 Å². The summed E-state index contributed by atoms with van der Waals surface area (Å²) in [6.45, 7) is 8.55. The van der Waals surface area contributed by atoms with Crippen molar-refractivity contribution in [1.29, 1.82) is 0 Å². The minimum Gasteiger partial charge on any atom is -0.326 e. The van der Waals surface area contributed by atoms with Gasteiger partial charge in [-0.2, -0.15) is 5.10 Å². The van der Waals surface area contributed by atoms with E-state index in [2.05, 4.69) is 32.8 Å². The zero-order valence-electron chi connectivity index (χ0n) is 22.8. The van der Waals surface area contributed by atoms with Crippen LogP contribution in [0.15, 0.2) is 12.4 Å². The van der Waals surface area contributed by atoms with E-state index in [1.807, 2.05) is 0 Å². The van der Waals surface area contributed by atoms with Crippen molar-refractivity contribution in [1.82, 2.24) is 14.7 Å². The second kappa shape index (κ2) is 8.87. The van der Waals surface area contributed by atoms with Crippen LogP contribution in [-0.4, -0.2) is 45.4 Å². The highest BCUT2D eigenvalue weighted by molar-refractivity contribution is 5.94. The molecular weight excluding hydrogens is 472 g/mol. The molecule has 1 aliphatic heterocycles. The Morgan fingerprint density at radius 3 is 2.54 bits per heavy atom. The van der Waals surface area contributed by atoms with Crippen molar-refractivity contribution in [3.8, 4) is 0 Å². The number of carbonyl (C=O) groups is 2. The molecule has 1 aromatic heterocycles. The minimum atomic E-state index is -2.79. The Morgan fingerprint density at radius 1 is 1.11 bits per heavy atom. The topological polar surface area (TPSA) is 55.2 Å². The number of aromatic nitrogens is 2. The fourth-order valence-electron chi connectivity index (χ4n) is 10.2. The Hall–Kier alpha value is -1.79. The number of halogens is 2. The van der Waals surface area contributed by atoms with Crippen molar-refractivity contribution < 1.29 is 18.4 Å². The molecule has 1 aromatic rings. The number of nitrogens with zero attached hydrogens (tertiary/aromatic N) is 3. The molecule has 1 saturated heterocycles. The van der Waals surface area contributed by atoms with Crippen molar-refractivity contribution in [2.24, 2.45) is 58.7 Å². The molecule has 4 saturated carbocycles. The van der Waals surface area contributed by atoms with Crippen LogP contribution >= 0.6 is 0 Å². The van der Waals surface area contributed by atoms with E-state index in [9.17, 15) is 18.4 Å². The van der Waals surface area contributed by atoms with Crippen LogP contribution in [0.4, 0.5) is 8.78 Å². The zero-order valence-corrected chi connectivity index (χ0v) is 22.8. The lowest BCUT2D eigenvalue weighted by molar-refractivity contribution is -0.134. The molecule has 6 rings (SSSR count). The molecule has 5 nitrogen and oxygen atoms in total. The first-order valence-electron chi connectivity index (χ1n) is 14.8. The van der Waals surface area contributed by atoms with Crippen LogP contribution < -0.4 is 0 Å². The molecule has 0 N–H and O–H groups in total. The van der Waals surface area contributed by atoms with E-state index in [4.69, 9.17) is 0 Å². The Kier molecular flexibility index (Phi) is 6.11. The molecule has 2 heterocycles. The lowest BCUT2D eigenvalue weighted by Gasteiger charge is -2.56. The predicted molar refractivity (Wildman–Crippen MR) is 137 cm³/mol. The normalized spacial score (nSPS) is 43.4. The van der Waals surface area contributed by atoms with Gasteiger partial charge in [0.25, 0.3) is 11.8 Å². The molecule has 4 aliphatic carbocycles. The average Bonchev–Trinajstić information content (AvgIpc) is 3.18. The van der Waals surface area contributed by atoms with Gasteiger partial charge in [-0.15, -0.1) is 0 Å². The van der Waals surface area contributed by atoms with Crippen molar-refractivity contribution in [2.75, 3.05) is 13.1 Å². The first kappa shape index (κ1) is 25.5. The van der Waals surface area contributed by atoms with Gasteiger partial charge in [0.2, 0.25) is 0 Å². The summed E-state index contributed by atoms with van der Waals surface area (Å²) in [6, 6.07) is 0. The van der Waals surface area contributed by atoms with E-state index in [1.165, 1.54) is 44.7 Å². The summed E-state index contributed by atoms with van der Waals surface area (Å²) in [5.41, 5.74) is 0.344. The number of hydrogen-bond acceptors (Lipinski definition) is 3. The van der Waals surface area contributed by atoms with Crippen molar-refractivity contribution >= 4 is 11.7 Å². The molecule has 5 fully saturated rings. The van der Waals surface area contributed by atoms with Gasteiger partial charge in [-0.05, 0) is 78.4 Å². The number of alkyl halides is 2. The van der Waals surface area contributed by atoms with E-state index in [-0.39, 0.29) is 29.2 Å². The fourth-order valence-corrected chi connectivity index (χ4v) is 10.2. The van der Waals surface area contributed by atoms with Gasteiger partial charge in [-0.25, -0.2) is 8.78 Å². The van der Waals surface area contributed by atoms with Crippen LogP contribution in [0.3, 0.4) is 0 Å². The Bertz CT molecular complexity index is 1060. The van der Waals surface area contributed by atoms with Gasteiger partial charge in [0, 0.05) is 12.1 Å². The third-order valence-corrected chi connectivity index (χ3v) is 11.7. The van der Waals surface area contributed by atoms with E-state index in [0.717, 1.165) is 35.0 Å². The Balaban J connectivity index is 1.18. The molecule has 0 bridgehead atoms. The number of Topliss-reactive ketones (excluding diaryl/α,β-unsaturated/α-hetero) is 1. The second-order valence-corrected chi connectivity index (χ2v) is 13.5. The van der Waals surface area contributed by atoms with Crippen LogP contribution in [0, 0.1) is 58.7 Å². The maximum absolute atomic E-state index is 13.9. The molecule has 10 atom stereocenters. The number of rotatable bonds is 7. The molecule has 204 valence electrons. The van der Waals surface area contributed by atoms with Crippen LogP contribution in [0.25, 0.3) is 0 Å². The van der Waals surface area contributed by atoms with Crippen LogP contribution in [-0.2, 0) is 11.3 Å². The lowest BCUT2D eigenvalue weighted by atomic mass is 9.49. The van der Waals surface area contributed by atoms with E-state index >= 15 is 0 Å². The molecular formula is C30H43F2N3O2. The Labute approximate surface area is 219 Å². The van der Waals surface area contributed by atoms with Crippen molar-refractivity contribution in [2.45, 2.75) is 85.1 Å². The SMILES string of the molecule is CCCC1C(CC)CCC2C1CCC1(C)C(C(=O)Cn3cc(C(=O)N4CC(F)(F)C4)cn3)C3C(C)C3C21. The number of hydrogen-bond donors (Lipinski definition) is 0. The summed E-state index contributed by atoms with van der Waals surface area (Å²) in [7, 11) is 0. The second-order valence-electron chi connectivity index (χ2n) is 13.5. The quantitative estimate of drug-likeness (QED) is 0.452. The molecule has 10 unspecified atom stereocenters. The number of likely N-dealkylation sites (tertiary alicyclic amines) is 1. The fraction of sp³-hybridized carbons (Fsp3) is 0.833. The third-order valence-electron chi connectivity index (χ3n) is 11.7. The van der Waals surface area contributed by atoms with Gasteiger partial charge in [0.05, 0.1) is 31.4 Å². The zero-order chi connectivity index (χ0) is 26.3. The average molecular weight is 516 g/mol. The number of carbonyl (C=O) groups excluding carboxylic acids is 2. The number of amides is 1. The molecule has 0 spiro atoms. The van der Waals surface area contributed by atoms with E-state index in [0.29, 0.717) is 23.7 Å². The summed E-state index contributed by atoms with van der Waals surface area (Å²) < 4.78 is 28.0. The maximum Gasteiger partial charge on any atom is 0.282 e. The van der Waals surface area contributed by atoms with Gasteiger partial charge < -0.3 is 4.90 Å². The molecule has 0 aromatic carbocycles. The van der Waals surface area contributed by atoms with Gasteiger partial charge in [0.15, 0.2) is 5.78 Å². The highest BCUT2D eigenvalue weighted by Crippen LogP contribution is 2.76. The molecule has 5 aliphatic rings. The molecule has 7 heteroatoms. The monoisotopic (exact) mass is 515 g/mol. The third kappa shape index (κ3) is 3.92. The molecule has 37 heavy (non-hydrogen) atoms. The summed E-state index contributed by atoms with van der Waals surface area (Å²) in [5, 5.41) is 4.28. The largest absolute Gasteiger partial charge is 0.326 e. The van der Waals surface area contributed by atoms with Gasteiger partial charge >= 0.3 is 0 Å². The smallest absolute Gasteiger partial charge is 0.282 e.